The highest BCUT2D eigenvalue weighted by atomic mass is 31.2. The van der Waals surface area contributed by atoms with Crippen molar-refractivity contribution in [1.29, 1.82) is 0 Å². The van der Waals surface area contributed by atoms with Crippen LogP contribution in [0, 0.1) is 0 Å². The Morgan fingerprint density at radius 3 is 2.46 bits per heavy atom. The summed E-state index contributed by atoms with van der Waals surface area (Å²) in [5, 5.41) is 0. The molecule has 0 fully saturated rings. The van der Waals surface area contributed by atoms with Crippen LogP contribution in [0.15, 0.2) is 12.7 Å². The number of nitrogens with two attached hydrogens (primary N) is 2. The van der Waals surface area contributed by atoms with Crippen LogP contribution in [-0.4, -0.2) is 17.8 Å². The maximum absolute atomic E-state index is 11.3. The summed E-state index contributed by atoms with van der Waals surface area (Å²) in [6, 6.07) is 0. The molecule has 78 valence electrons. The van der Waals surface area contributed by atoms with Crippen LogP contribution in [0.1, 0.15) is 26.2 Å². The van der Waals surface area contributed by atoms with Gasteiger partial charge in [0.05, 0.1) is 0 Å². The summed E-state index contributed by atoms with van der Waals surface area (Å²) in [6.45, 7) is 6.86. The molecule has 0 radical (unpaired) electrons. The van der Waals surface area contributed by atoms with Crippen molar-refractivity contribution >= 4 is 7.59 Å². The molecule has 0 bridgehead atoms. The highest BCUT2D eigenvalue weighted by Gasteiger charge is 2.18. The van der Waals surface area contributed by atoms with Gasteiger partial charge in [-0.25, -0.2) is 4.67 Å². The molecule has 0 aromatic heterocycles. The van der Waals surface area contributed by atoms with E-state index in [1.807, 2.05) is 0 Å². The van der Waals surface area contributed by atoms with E-state index in [4.69, 9.17) is 11.0 Å². The highest BCUT2D eigenvalue weighted by Crippen LogP contribution is 2.31. The minimum Gasteiger partial charge on any atom is -0.271 e. The van der Waals surface area contributed by atoms with Crippen molar-refractivity contribution < 1.29 is 4.57 Å². The number of rotatable bonds is 7. The number of hydrogen-bond acceptors (Lipinski definition) is 1. The minimum atomic E-state index is -3.07. The lowest BCUT2D eigenvalue weighted by atomic mass is 10.2. The van der Waals surface area contributed by atoms with E-state index in [9.17, 15) is 4.57 Å². The Morgan fingerprint density at radius 1 is 1.46 bits per heavy atom. The average Bonchev–Trinajstić information content (AvgIpc) is 2.01. The monoisotopic (exact) mass is 205 g/mol. The summed E-state index contributed by atoms with van der Waals surface area (Å²) in [5.74, 6) is 0. The van der Waals surface area contributed by atoms with E-state index in [0.29, 0.717) is 13.1 Å². The molecule has 0 aliphatic carbocycles. The van der Waals surface area contributed by atoms with Crippen molar-refractivity contribution in [2.24, 2.45) is 11.0 Å². The Kier molecular flexibility index (Phi) is 6.25. The summed E-state index contributed by atoms with van der Waals surface area (Å²) in [5.41, 5.74) is 10.7. The predicted octanol–water partition coefficient (Wildman–Crippen LogP) is 1.69. The molecule has 4 nitrogen and oxygen atoms in total. The fourth-order valence-corrected chi connectivity index (χ4v) is 1.89. The first-order valence-electron chi connectivity index (χ1n) is 4.56. The maximum atomic E-state index is 11.3. The molecule has 0 spiro atoms. The smallest absolute Gasteiger partial charge is 0.271 e. The lowest BCUT2D eigenvalue weighted by molar-refractivity contribution is 0.427. The number of nitrogens with zero attached hydrogens (tertiary/aromatic N) is 1. The second kappa shape index (κ2) is 6.33. The molecular weight excluding hydrogens is 185 g/mol. The van der Waals surface area contributed by atoms with E-state index in [1.165, 1.54) is 0 Å². The largest absolute Gasteiger partial charge is 0.276 e. The van der Waals surface area contributed by atoms with Crippen LogP contribution < -0.4 is 11.0 Å². The van der Waals surface area contributed by atoms with E-state index in [0.717, 1.165) is 19.3 Å². The van der Waals surface area contributed by atoms with Gasteiger partial charge in [-0.2, -0.15) is 0 Å². The lowest BCUT2D eigenvalue weighted by Gasteiger charge is -2.23. The van der Waals surface area contributed by atoms with Crippen molar-refractivity contribution in [2.75, 3.05) is 13.1 Å². The van der Waals surface area contributed by atoms with Gasteiger partial charge in [-0.05, 0) is 6.42 Å². The molecule has 4 N–H and O–H groups in total. The van der Waals surface area contributed by atoms with Gasteiger partial charge in [-0.3, -0.25) is 15.6 Å². The van der Waals surface area contributed by atoms with Crippen molar-refractivity contribution in [3.63, 3.8) is 0 Å². The van der Waals surface area contributed by atoms with E-state index in [-0.39, 0.29) is 0 Å². The molecule has 0 heterocycles. The Hall–Kier alpha value is -0.150. The molecule has 0 aromatic rings. The normalized spacial score (nSPS) is 12.0. The first-order chi connectivity index (χ1) is 6.02. The van der Waals surface area contributed by atoms with Gasteiger partial charge >= 0.3 is 0 Å². The molecule has 5 heteroatoms. The summed E-state index contributed by atoms with van der Waals surface area (Å²) in [6.07, 6.45) is 4.87. The lowest BCUT2D eigenvalue weighted by Crippen LogP contribution is -2.29. The Labute approximate surface area is 80.5 Å². The van der Waals surface area contributed by atoms with E-state index >= 15 is 0 Å². The van der Waals surface area contributed by atoms with Crippen molar-refractivity contribution in [2.45, 2.75) is 26.2 Å². The molecule has 0 amide bonds. The first kappa shape index (κ1) is 12.8. The molecule has 0 saturated carbocycles. The molecule has 0 aliphatic heterocycles. The second-order valence-electron chi connectivity index (χ2n) is 3.08. The second-order valence-corrected chi connectivity index (χ2v) is 4.99. The van der Waals surface area contributed by atoms with Crippen LogP contribution in [-0.2, 0) is 4.57 Å². The molecule has 0 rings (SSSR count). The molecule has 0 aromatic carbocycles. The van der Waals surface area contributed by atoms with Crippen molar-refractivity contribution in [3.8, 4) is 0 Å². The van der Waals surface area contributed by atoms with Gasteiger partial charge in [0.15, 0.2) is 0 Å². The van der Waals surface area contributed by atoms with Gasteiger partial charge in [0, 0.05) is 13.1 Å². The van der Waals surface area contributed by atoms with Crippen LogP contribution in [0.25, 0.3) is 0 Å². The van der Waals surface area contributed by atoms with Crippen LogP contribution in [0.3, 0.4) is 0 Å². The highest BCUT2D eigenvalue weighted by molar-refractivity contribution is 7.56. The van der Waals surface area contributed by atoms with E-state index in [1.54, 1.807) is 10.7 Å². The SMILES string of the molecule is C=CCN(CCCCC)P(N)(N)=O. The molecule has 13 heavy (non-hydrogen) atoms. The number of hydrogen-bond donors (Lipinski definition) is 2. The minimum absolute atomic E-state index is 0.494. The fourth-order valence-electron chi connectivity index (χ4n) is 1.07. The zero-order valence-corrected chi connectivity index (χ0v) is 9.17. The Bertz CT molecular complexity index is 190. The number of unbranched alkanes of at least 4 members (excludes halogenated alkanes) is 2. The van der Waals surface area contributed by atoms with Gasteiger partial charge in [-0.1, -0.05) is 25.8 Å². The maximum Gasteiger partial charge on any atom is 0.276 e. The third-order valence-electron chi connectivity index (χ3n) is 1.80. The van der Waals surface area contributed by atoms with Crippen LogP contribution in [0.4, 0.5) is 0 Å². The van der Waals surface area contributed by atoms with Gasteiger partial charge in [0.1, 0.15) is 0 Å². The van der Waals surface area contributed by atoms with Crippen LogP contribution in [0.2, 0.25) is 0 Å². The van der Waals surface area contributed by atoms with Gasteiger partial charge in [0.25, 0.3) is 7.59 Å². The third kappa shape index (κ3) is 5.99. The first-order valence-corrected chi connectivity index (χ1v) is 6.35. The van der Waals surface area contributed by atoms with Crippen LogP contribution in [0.5, 0.6) is 0 Å². The summed E-state index contributed by atoms with van der Waals surface area (Å²) in [4.78, 5) is 0. The van der Waals surface area contributed by atoms with Gasteiger partial charge in [-0.15, -0.1) is 6.58 Å². The summed E-state index contributed by atoms with van der Waals surface area (Å²) < 4.78 is 12.9. The summed E-state index contributed by atoms with van der Waals surface area (Å²) in [7, 11) is -3.07. The quantitative estimate of drug-likeness (QED) is 0.377. The molecular formula is C8H20N3OP. The molecule has 0 unspecified atom stereocenters. The third-order valence-corrected chi connectivity index (χ3v) is 3.05. The topological polar surface area (TPSA) is 72.3 Å². The predicted molar refractivity (Wildman–Crippen MR) is 57.3 cm³/mol. The van der Waals surface area contributed by atoms with Gasteiger partial charge in [0.2, 0.25) is 0 Å². The van der Waals surface area contributed by atoms with Crippen molar-refractivity contribution in [3.05, 3.63) is 12.7 Å². The molecule has 0 aliphatic rings. The van der Waals surface area contributed by atoms with Crippen LogP contribution >= 0.6 is 7.59 Å². The standard InChI is InChI=1S/C8H20N3OP/c1-3-5-6-8-11(7-4-2)13(9,10)12/h4H,2-3,5-8H2,1H3,(H4,9,10,12). The fraction of sp³-hybridized carbons (Fsp3) is 0.750. The van der Waals surface area contributed by atoms with E-state index < -0.39 is 7.59 Å². The summed E-state index contributed by atoms with van der Waals surface area (Å²) >= 11 is 0. The molecule has 0 atom stereocenters. The zero-order valence-electron chi connectivity index (χ0n) is 8.28. The molecule has 0 saturated heterocycles. The average molecular weight is 205 g/mol. The Morgan fingerprint density at radius 2 is 2.08 bits per heavy atom. The van der Waals surface area contributed by atoms with E-state index in [2.05, 4.69) is 13.5 Å². The zero-order chi connectivity index (χ0) is 10.3. The van der Waals surface area contributed by atoms with Gasteiger partial charge < -0.3 is 0 Å². The van der Waals surface area contributed by atoms with Crippen molar-refractivity contribution in [1.82, 2.24) is 4.67 Å². The Balaban J connectivity index is 3.95.